The van der Waals surface area contributed by atoms with Gasteiger partial charge in [0, 0.05) is 24.7 Å². The molecule has 1 aromatic rings. The lowest BCUT2D eigenvalue weighted by Gasteiger charge is -2.25. The SMILES string of the molecule is CC(CC#N)N(C)c1ccc(CCl)cc1. The molecule has 0 amide bonds. The maximum Gasteiger partial charge on any atom is 0.0643 e. The maximum absolute atomic E-state index is 8.62. The van der Waals surface area contributed by atoms with Crippen molar-refractivity contribution in [2.75, 3.05) is 11.9 Å². The van der Waals surface area contributed by atoms with Crippen molar-refractivity contribution in [2.24, 2.45) is 0 Å². The Morgan fingerprint density at radius 3 is 2.47 bits per heavy atom. The van der Waals surface area contributed by atoms with Gasteiger partial charge in [0.2, 0.25) is 0 Å². The first-order chi connectivity index (χ1) is 7.19. The molecule has 0 aliphatic carbocycles. The van der Waals surface area contributed by atoms with Crippen molar-refractivity contribution in [3.05, 3.63) is 29.8 Å². The van der Waals surface area contributed by atoms with E-state index in [1.54, 1.807) is 0 Å². The van der Waals surface area contributed by atoms with E-state index in [-0.39, 0.29) is 6.04 Å². The number of anilines is 1. The normalized spacial score (nSPS) is 11.9. The molecule has 0 fully saturated rings. The molecule has 80 valence electrons. The smallest absolute Gasteiger partial charge is 0.0643 e. The minimum absolute atomic E-state index is 0.233. The molecule has 0 saturated heterocycles. The van der Waals surface area contributed by atoms with E-state index in [1.165, 1.54) is 0 Å². The Balaban J connectivity index is 2.74. The highest BCUT2D eigenvalue weighted by atomic mass is 35.5. The fourth-order valence-corrected chi connectivity index (χ4v) is 1.52. The lowest BCUT2D eigenvalue weighted by Crippen LogP contribution is -2.28. The van der Waals surface area contributed by atoms with Gasteiger partial charge < -0.3 is 4.90 Å². The maximum atomic E-state index is 8.62. The summed E-state index contributed by atoms with van der Waals surface area (Å²) in [5.74, 6) is 0.539. The molecule has 1 aromatic carbocycles. The van der Waals surface area contributed by atoms with Crippen LogP contribution in [0.25, 0.3) is 0 Å². The lowest BCUT2D eigenvalue weighted by molar-refractivity contribution is 0.702. The summed E-state index contributed by atoms with van der Waals surface area (Å²) >= 11 is 5.71. The van der Waals surface area contributed by atoms with E-state index < -0.39 is 0 Å². The molecule has 1 unspecified atom stereocenters. The number of benzene rings is 1. The highest BCUT2D eigenvalue weighted by molar-refractivity contribution is 6.17. The van der Waals surface area contributed by atoms with E-state index in [9.17, 15) is 0 Å². The predicted molar refractivity (Wildman–Crippen MR) is 64.1 cm³/mol. The number of halogens is 1. The van der Waals surface area contributed by atoms with Crippen molar-refractivity contribution in [1.29, 1.82) is 5.26 Å². The molecule has 0 saturated carbocycles. The second-order valence-electron chi connectivity index (χ2n) is 3.62. The third-order valence-electron chi connectivity index (χ3n) is 2.55. The van der Waals surface area contributed by atoms with Crippen LogP contribution in [-0.4, -0.2) is 13.1 Å². The number of rotatable bonds is 4. The van der Waals surface area contributed by atoms with Crippen molar-refractivity contribution in [3.8, 4) is 6.07 Å². The summed E-state index contributed by atoms with van der Waals surface area (Å²) in [5.41, 5.74) is 2.23. The van der Waals surface area contributed by atoms with Gasteiger partial charge in [-0.15, -0.1) is 11.6 Å². The molecule has 0 N–H and O–H groups in total. The van der Waals surface area contributed by atoms with Crippen LogP contribution in [0.3, 0.4) is 0 Å². The summed E-state index contributed by atoms with van der Waals surface area (Å²) in [6, 6.07) is 10.5. The van der Waals surface area contributed by atoms with Gasteiger partial charge in [-0.05, 0) is 24.6 Å². The zero-order valence-electron chi connectivity index (χ0n) is 9.07. The third-order valence-corrected chi connectivity index (χ3v) is 2.85. The quantitative estimate of drug-likeness (QED) is 0.732. The first-order valence-electron chi connectivity index (χ1n) is 4.93. The van der Waals surface area contributed by atoms with Gasteiger partial charge in [0.05, 0.1) is 12.5 Å². The molecule has 0 bridgehead atoms. The molecular formula is C12H15ClN2. The zero-order chi connectivity index (χ0) is 11.3. The Morgan fingerprint density at radius 1 is 1.40 bits per heavy atom. The van der Waals surface area contributed by atoms with E-state index in [1.807, 2.05) is 38.2 Å². The van der Waals surface area contributed by atoms with E-state index in [4.69, 9.17) is 16.9 Å². The molecule has 3 heteroatoms. The van der Waals surface area contributed by atoms with Crippen molar-refractivity contribution >= 4 is 17.3 Å². The van der Waals surface area contributed by atoms with Crippen molar-refractivity contribution in [2.45, 2.75) is 25.3 Å². The minimum Gasteiger partial charge on any atom is -0.371 e. The molecular weight excluding hydrogens is 208 g/mol. The van der Waals surface area contributed by atoms with Crippen LogP contribution in [0.2, 0.25) is 0 Å². The molecule has 15 heavy (non-hydrogen) atoms. The summed E-state index contributed by atoms with van der Waals surface area (Å²) in [6.45, 7) is 2.04. The van der Waals surface area contributed by atoms with Crippen LogP contribution in [0, 0.1) is 11.3 Å². The van der Waals surface area contributed by atoms with Gasteiger partial charge in [0.15, 0.2) is 0 Å². The second-order valence-corrected chi connectivity index (χ2v) is 3.89. The predicted octanol–water partition coefficient (Wildman–Crippen LogP) is 3.16. The molecule has 2 nitrogen and oxygen atoms in total. The van der Waals surface area contributed by atoms with Crippen LogP contribution >= 0.6 is 11.6 Å². The highest BCUT2D eigenvalue weighted by Crippen LogP contribution is 2.17. The van der Waals surface area contributed by atoms with Crippen LogP contribution < -0.4 is 4.90 Å². The standard InChI is InChI=1S/C12H15ClN2/c1-10(7-8-14)15(2)12-5-3-11(9-13)4-6-12/h3-6,10H,7,9H2,1-2H3. The van der Waals surface area contributed by atoms with E-state index in [0.717, 1.165) is 11.3 Å². The van der Waals surface area contributed by atoms with Crippen molar-refractivity contribution in [3.63, 3.8) is 0 Å². The van der Waals surface area contributed by atoms with Gasteiger partial charge in [0.25, 0.3) is 0 Å². The van der Waals surface area contributed by atoms with Crippen LogP contribution in [0.1, 0.15) is 18.9 Å². The van der Waals surface area contributed by atoms with Crippen LogP contribution in [-0.2, 0) is 5.88 Å². The number of hydrogen-bond donors (Lipinski definition) is 0. The van der Waals surface area contributed by atoms with E-state index in [0.29, 0.717) is 12.3 Å². The Morgan fingerprint density at radius 2 is 2.00 bits per heavy atom. The summed E-state index contributed by atoms with van der Waals surface area (Å²) < 4.78 is 0. The van der Waals surface area contributed by atoms with Gasteiger partial charge in [-0.2, -0.15) is 5.26 Å². The molecule has 0 aromatic heterocycles. The number of hydrogen-bond acceptors (Lipinski definition) is 2. The molecule has 0 spiro atoms. The van der Waals surface area contributed by atoms with Gasteiger partial charge in [-0.25, -0.2) is 0 Å². The molecule has 1 rings (SSSR count). The average molecular weight is 223 g/mol. The Hall–Kier alpha value is -1.20. The van der Waals surface area contributed by atoms with Crippen molar-refractivity contribution < 1.29 is 0 Å². The van der Waals surface area contributed by atoms with Gasteiger partial charge in [0.1, 0.15) is 0 Å². The van der Waals surface area contributed by atoms with Gasteiger partial charge in [-0.3, -0.25) is 0 Å². The van der Waals surface area contributed by atoms with E-state index in [2.05, 4.69) is 11.0 Å². The Labute approximate surface area is 96.1 Å². The summed E-state index contributed by atoms with van der Waals surface area (Å²) in [4.78, 5) is 2.10. The lowest BCUT2D eigenvalue weighted by atomic mass is 10.1. The molecule has 0 heterocycles. The van der Waals surface area contributed by atoms with Gasteiger partial charge in [-0.1, -0.05) is 12.1 Å². The highest BCUT2D eigenvalue weighted by Gasteiger charge is 2.08. The summed E-state index contributed by atoms with van der Waals surface area (Å²) in [6.07, 6.45) is 0.535. The van der Waals surface area contributed by atoms with Crippen LogP contribution in [0.15, 0.2) is 24.3 Å². The molecule has 1 atom stereocenters. The van der Waals surface area contributed by atoms with Crippen LogP contribution in [0.4, 0.5) is 5.69 Å². The zero-order valence-corrected chi connectivity index (χ0v) is 9.83. The fraction of sp³-hybridized carbons (Fsp3) is 0.417. The third kappa shape index (κ3) is 3.14. The van der Waals surface area contributed by atoms with Crippen molar-refractivity contribution in [1.82, 2.24) is 0 Å². The topological polar surface area (TPSA) is 27.0 Å². The largest absolute Gasteiger partial charge is 0.371 e. The average Bonchev–Trinajstić information content (AvgIpc) is 2.28. The Kier molecular flexibility index (Phi) is 4.45. The monoisotopic (exact) mass is 222 g/mol. The number of alkyl halides is 1. The summed E-state index contributed by atoms with van der Waals surface area (Å²) in [5, 5.41) is 8.62. The number of nitriles is 1. The molecule has 0 aliphatic rings. The van der Waals surface area contributed by atoms with Gasteiger partial charge >= 0.3 is 0 Å². The minimum atomic E-state index is 0.233. The first-order valence-corrected chi connectivity index (χ1v) is 5.47. The first kappa shape index (κ1) is 11.9. The van der Waals surface area contributed by atoms with E-state index >= 15 is 0 Å². The number of nitrogens with zero attached hydrogens (tertiary/aromatic N) is 2. The summed E-state index contributed by atoms with van der Waals surface area (Å²) in [7, 11) is 2.00. The fourth-order valence-electron chi connectivity index (χ4n) is 1.34. The Bertz CT molecular complexity index is 340. The van der Waals surface area contributed by atoms with Crippen LogP contribution in [0.5, 0.6) is 0 Å². The second kappa shape index (κ2) is 5.63. The molecule has 0 aliphatic heterocycles. The molecule has 0 radical (unpaired) electrons.